The van der Waals surface area contributed by atoms with E-state index in [9.17, 15) is 9.59 Å². The number of nitrogens with zero attached hydrogens (tertiary/aromatic N) is 1. The topological polar surface area (TPSA) is 70.7 Å². The predicted molar refractivity (Wildman–Crippen MR) is 96.1 cm³/mol. The van der Waals surface area contributed by atoms with Crippen LogP contribution in [0.4, 0.5) is 0 Å². The highest BCUT2D eigenvalue weighted by molar-refractivity contribution is 5.95. The molecule has 2 rings (SSSR count). The summed E-state index contributed by atoms with van der Waals surface area (Å²) in [7, 11) is 3.46. The molecule has 0 aliphatic heterocycles. The maximum absolute atomic E-state index is 12.0. The fourth-order valence-electron chi connectivity index (χ4n) is 2.45. The molecule has 2 amide bonds. The van der Waals surface area contributed by atoms with Gasteiger partial charge < -0.3 is 4.74 Å². The summed E-state index contributed by atoms with van der Waals surface area (Å²) >= 11 is 0. The van der Waals surface area contributed by atoms with Crippen LogP contribution in [0.25, 0.3) is 0 Å². The van der Waals surface area contributed by atoms with Crippen molar-refractivity contribution >= 4 is 11.8 Å². The lowest BCUT2D eigenvalue weighted by atomic mass is 10.1. The van der Waals surface area contributed by atoms with E-state index in [1.165, 1.54) is 0 Å². The number of hydrogen-bond donors (Lipinski definition) is 2. The van der Waals surface area contributed by atoms with Crippen LogP contribution in [0.2, 0.25) is 0 Å². The number of benzene rings is 2. The highest BCUT2D eigenvalue weighted by atomic mass is 16.5. The highest BCUT2D eigenvalue weighted by Crippen LogP contribution is 2.20. The molecule has 0 atom stereocenters. The Kier molecular flexibility index (Phi) is 6.54. The van der Waals surface area contributed by atoms with Gasteiger partial charge in [-0.15, -0.1) is 0 Å². The number of aryl methyl sites for hydroxylation is 1. The van der Waals surface area contributed by atoms with E-state index in [0.717, 1.165) is 16.9 Å². The summed E-state index contributed by atoms with van der Waals surface area (Å²) in [5.41, 5.74) is 7.46. The number of hydrogen-bond acceptors (Lipinski definition) is 4. The quantitative estimate of drug-likeness (QED) is 0.787. The zero-order chi connectivity index (χ0) is 18.2. The molecule has 25 heavy (non-hydrogen) atoms. The Bertz CT molecular complexity index is 732. The molecule has 0 saturated carbocycles. The molecular formula is C19H23N3O3. The van der Waals surface area contributed by atoms with Crippen LogP contribution >= 0.6 is 0 Å². The minimum atomic E-state index is -0.350. The van der Waals surface area contributed by atoms with Gasteiger partial charge in [-0.2, -0.15) is 0 Å². The van der Waals surface area contributed by atoms with E-state index < -0.39 is 0 Å². The molecular weight excluding hydrogens is 318 g/mol. The Hall–Kier alpha value is -2.86. The van der Waals surface area contributed by atoms with Gasteiger partial charge in [0.15, 0.2) is 0 Å². The van der Waals surface area contributed by atoms with Gasteiger partial charge >= 0.3 is 0 Å². The average Bonchev–Trinajstić information content (AvgIpc) is 2.60. The molecule has 0 saturated heterocycles. The fourth-order valence-corrected chi connectivity index (χ4v) is 2.45. The molecule has 0 aromatic heterocycles. The van der Waals surface area contributed by atoms with Gasteiger partial charge in [-0.05, 0) is 32.2 Å². The summed E-state index contributed by atoms with van der Waals surface area (Å²) in [5, 5.41) is 0. The first kappa shape index (κ1) is 18.5. The third-order valence-corrected chi connectivity index (χ3v) is 3.64. The number of methoxy groups -OCH3 is 1. The Morgan fingerprint density at radius 1 is 1.08 bits per heavy atom. The van der Waals surface area contributed by atoms with E-state index >= 15 is 0 Å². The van der Waals surface area contributed by atoms with Crippen molar-refractivity contribution in [2.75, 3.05) is 20.7 Å². The van der Waals surface area contributed by atoms with Gasteiger partial charge in [0.1, 0.15) is 5.75 Å². The number of carbonyl (C=O) groups is 2. The highest BCUT2D eigenvalue weighted by Gasteiger charge is 2.11. The molecule has 2 N–H and O–H groups in total. The summed E-state index contributed by atoms with van der Waals surface area (Å²) in [6, 6.07) is 14.6. The van der Waals surface area contributed by atoms with Crippen LogP contribution in [0.15, 0.2) is 48.5 Å². The zero-order valence-electron chi connectivity index (χ0n) is 14.7. The SMILES string of the molecule is COc1ccc(C)cc1CN(C)CC(=O)NNC(=O)c1ccccc1. The van der Waals surface area contributed by atoms with Crippen LogP contribution < -0.4 is 15.6 Å². The van der Waals surface area contributed by atoms with Crippen molar-refractivity contribution in [3.8, 4) is 5.75 Å². The molecule has 6 heteroatoms. The molecule has 132 valence electrons. The monoisotopic (exact) mass is 341 g/mol. The van der Waals surface area contributed by atoms with Crippen molar-refractivity contribution in [2.24, 2.45) is 0 Å². The Morgan fingerprint density at radius 2 is 1.80 bits per heavy atom. The molecule has 2 aromatic carbocycles. The van der Waals surface area contributed by atoms with E-state index in [4.69, 9.17) is 4.74 Å². The van der Waals surface area contributed by atoms with Gasteiger partial charge in [-0.25, -0.2) is 0 Å². The molecule has 0 aliphatic carbocycles. The van der Waals surface area contributed by atoms with Crippen molar-refractivity contribution in [1.29, 1.82) is 0 Å². The number of amides is 2. The van der Waals surface area contributed by atoms with Crippen LogP contribution in [0.5, 0.6) is 5.75 Å². The lowest BCUT2D eigenvalue weighted by molar-refractivity contribution is -0.122. The average molecular weight is 341 g/mol. The maximum Gasteiger partial charge on any atom is 0.269 e. The van der Waals surface area contributed by atoms with Gasteiger partial charge in [0, 0.05) is 17.7 Å². The lowest BCUT2D eigenvalue weighted by Crippen LogP contribution is -2.45. The van der Waals surface area contributed by atoms with Crippen molar-refractivity contribution in [3.05, 3.63) is 65.2 Å². The summed E-state index contributed by atoms with van der Waals surface area (Å²) in [6.07, 6.45) is 0. The molecule has 6 nitrogen and oxygen atoms in total. The van der Waals surface area contributed by atoms with E-state index in [1.807, 2.05) is 43.1 Å². The van der Waals surface area contributed by atoms with E-state index in [0.29, 0.717) is 12.1 Å². The standard InChI is InChI=1S/C19H23N3O3/c1-14-9-10-17(25-3)16(11-14)12-22(2)13-18(23)20-21-19(24)15-7-5-4-6-8-15/h4-11H,12-13H2,1-3H3,(H,20,23)(H,21,24). The number of nitrogens with one attached hydrogen (secondary N) is 2. The van der Waals surface area contributed by atoms with Crippen molar-refractivity contribution in [3.63, 3.8) is 0 Å². The van der Waals surface area contributed by atoms with E-state index in [1.54, 1.807) is 31.4 Å². The second-order valence-corrected chi connectivity index (χ2v) is 5.86. The Labute approximate surface area is 147 Å². The zero-order valence-corrected chi connectivity index (χ0v) is 14.7. The molecule has 0 spiro atoms. The third-order valence-electron chi connectivity index (χ3n) is 3.64. The van der Waals surface area contributed by atoms with Gasteiger partial charge in [-0.3, -0.25) is 25.3 Å². The first-order valence-electron chi connectivity index (χ1n) is 7.96. The summed E-state index contributed by atoms with van der Waals surface area (Å²) < 4.78 is 5.35. The second-order valence-electron chi connectivity index (χ2n) is 5.86. The van der Waals surface area contributed by atoms with Gasteiger partial charge in [0.25, 0.3) is 11.8 Å². The van der Waals surface area contributed by atoms with Crippen LogP contribution in [-0.2, 0) is 11.3 Å². The minimum absolute atomic E-state index is 0.145. The van der Waals surface area contributed by atoms with Crippen LogP contribution in [0, 0.1) is 6.92 Å². The molecule has 0 aliphatic rings. The maximum atomic E-state index is 12.0. The Morgan fingerprint density at radius 3 is 2.48 bits per heavy atom. The fraction of sp³-hybridized carbons (Fsp3) is 0.263. The molecule has 0 unspecified atom stereocenters. The number of rotatable bonds is 6. The predicted octanol–water partition coefficient (Wildman–Crippen LogP) is 1.90. The smallest absolute Gasteiger partial charge is 0.269 e. The summed E-state index contributed by atoms with van der Waals surface area (Å²) in [6.45, 7) is 2.71. The van der Waals surface area contributed by atoms with E-state index in [-0.39, 0.29) is 18.4 Å². The van der Waals surface area contributed by atoms with E-state index in [2.05, 4.69) is 10.9 Å². The van der Waals surface area contributed by atoms with Crippen LogP contribution in [0.1, 0.15) is 21.5 Å². The van der Waals surface area contributed by atoms with Crippen molar-refractivity contribution in [2.45, 2.75) is 13.5 Å². The largest absolute Gasteiger partial charge is 0.496 e. The van der Waals surface area contributed by atoms with Gasteiger partial charge in [0.05, 0.1) is 13.7 Å². The number of likely N-dealkylation sites (N-methyl/N-ethyl adjacent to an activating group) is 1. The molecule has 0 fully saturated rings. The third kappa shape index (κ3) is 5.61. The molecule has 0 bridgehead atoms. The van der Waals surface area contributed by atoms with Crippen molar-refractivity contribution in [1.82, 2.24) is 15.8 Å². The molecule has 0 heterocycles. The first-order valence-corrected chi connectivity index (χ1v) is 7.96. The van der Waals surface area contributed by atoms with Gasteiger partial charge in [-0.1, -0.05) is 35.9 Å². The lowest BCUT2D eigenvalue weighted by Gasteiger charge is -2.18. The number of carbonyl (C=O) groups excluding carboxylic acids is 2. The minimum Gasteiger partial charge on any atom is -0.496 e. The summed E-state index contributed by atoms with van der Waals surface area (Å²) in [4.78, 5) is 25.7. The van der Waals surface area contributed by atoms with Crippen LogP contribution in [0.3, 0.4) is 0 Å². The Balaban J connectivity index is 1.84. The van der Waals surface area contributed by atoms with Gasteiger partial charge in [0.2, 0.25) is 0 Å². The molecule has 0 radical (unpaired) electrons. The first-order chi connectivity index (χ1) is 12.0. The normalized spacial score (nSPS) is 10.4. The van der Waals surface area contributed by atoms with Crippen molar-refractivity contribution < 1.29 is 14.3 Å². The summed E-state index contributed by atoms with van der Waals surface area (Å²) in [5.74, 6) is 0.144. The molecule has 2 aromatic rings. The number of hydrazine groups is 1. The van der Waals surface area contributed by atoms with Crippen LogP contribution in [-0.4, -0.2) is 37.4 Å². The second kappa shape index (κ2) is 8.84. The number of ether oxygens (including phenoxy) is 1.